The average molecular weight is 499 g/mol. The maximum Gasteiger partial charge on any atom is 0.193 e. The van der Waals surface area contributed by atoms with E-state index < -0.39 is 0 Å². The molecule has 6 nitrogen and oxygen atoms in total. The first-order valence-corrected chi connectivity index (χ1v) is 9.11. The molecule has 0 saturated heterocycles. The molecule has 0 fully saturated rings. The minimum Gasteiger partial charge on any atom is -0.493 e. The number of hydrogen-bond acceptors (Lipinski definition) is 4. The van der Waals surface area contributed by atoms with Crippen molar-refractivity contribution in [2.75, 3.05) is 32.7 Å². The molecule has 28 heavy (non-hydrogen) atoms. The maximum absolute atomic E-state index is 6.01. The van der Waals surface area contributed by atoms with Crippen molar-refractivity contribution >= 4 is 35.6 Å². The van der Waals surface area contributed by atoms with Crippen LogP contribution in [-0.2, 0) is 17.8 Å². The number of para-hydroxylation sites is 1. The summed E-state index contributed by atoms with van der Waals surface area (Å²) in [6, 6.07) is 13.9. The van der Waals surface area contributed by atoms with Crippen molar-refractivity contribution in [3.05, 3.63) is 53.6 Å². The molecule has 2 aromatic rings. The lowest BCUT2D eigenvalue weighted by atomic mass is 10.1. The van der Waals surface area contributed by atoms with Crippen LogP contribution < -0.4 is 20.5 Å². The molecule has 7 heteroatoms. The van der Waals surface area contributed by atoms with E-state index in [-0.39, 0.29) is 24.0 Å². The van der Waals surface area contributed by atoms with Crippen LogP contribution >= 0.6 is 24.0 Å². The first-order valence-electron chi connectivity index (χ1n) is 9.11. The van der Waals surface area contributed by atoms with Gasteiger partial charge in [-0.15, -0.1) is 24.0 Å². The van der Waals surface area contributed by atoms with Crippen molar-refractivity contribution < 1.29 is 14.2 Å². The number of nitrogens with one attached hydrogen (secondary N) is 1. The normalized spacial score (nSPS) is 10.9. The first-order chi connectivity index (χ1) is 13.2. The Morgan fingerprint density at radius 1 is 1.11 bits per heavy atom. The standard InChI is InChI=1S/C21H29N3O3.HI/c1-4-27-20-14-16(11-12-19(20)26-3)8-7-13-23-21(22)24-18-10-6-5-9-17(18)15-25-2;/h5-6,9-12,14H,4,7-8,13,15H2,1-3H3,(H3,22,23,24);1H. The Hall–Kier alpha value is -2.00. The van der Waals surface area contributed by atoms with E-state index in [2.05, 4.69) is 10.3 Å². The zero-order valence-corrected chi connectivity index (χ0v) is 19.1. The maximum atomic E-state index is 6.01. The summed E-state index contributed by atoms with van der Waals surface area (Å²) in [5.74, 6) is 1.93. The van der Waals surface area contributed by atoms with Crippen molar-refractivity contribution in [2.45, 2.75) is 26.4 Å². The van der Waals surface area contributed by atoms with Crippen molar-refractivity contribution in [3.63, 3.8) is 0 Å². The van der Waals surface area contributed by atoms with Gasteiger partial charge in [-0.1, -0.05) is 24.3 Å². The van der Waals surface area contributed by atoms with Crippen molar-refractivity contribution in [1.82, 2.24) is 0 Å². The summed E-state index contributed by atoms with van der Waals surface area (Å²) in [4.78, 5) is 4.41. The van der Waals surface area contributed by atoms with E-state index in [9.17, 15) is 0 Å². The fourth-order valence-electron chi connectivity index (χ4n) is 2.73. The van der Waals surface area contributed by atoms with Crippen LogP contribution in [0.1, 0.15) is 24.5 Å². The van der Waals surface area contributed by atoms with Gasteiger partial charge in [0.05, 0.1) is 20.3 Å². The first kappa shape index (κ1) is 24.0. The Morgan fingerprint density at radius 3 is 2.61 bits per heavy atom. The van der Waals surface area contributed by atoms with Gasteiger partial charge in [0.1, 0.15) is 0 Å². The second-order valence-corrected chi connectivity index (χ2v) is 6.00. The van der Waals surface area contributed by atoms with Crippen LogP contribution in [-0.4, -0.2) is 33.3 Å². The van der Waals surface area contributed by atoms with Crippen LogP contribution in [0.25, 0.3) is 0 Å². The molecular weight excluding hydrogens is 469 g/mol. The number of anilines is 1. The van der Waals surface area contributed by atoms with Gasteiger partial charge in [-0.2, -0.15) is 0 Å². The van der Waals surface area contributed by atoms with Gasteiger partial charge in [-0.3, -0.25) is 4.99 Å². The van der Waals surface area contributed by atoms with Gasteiger partial charge in [0.25, 0.3) is 0 Å². The lowest BCUT2D eigenvalue weighted by Gasteiger charge is -2.11. The van der Waals surface area contributed by atoms with E-state index in [1.54, 1.807) is 14.2 Å². The predicted molar refractivity (Wildman–Crippen MR) is 125 cm³/mol. The molecule has 0 aliphatic rings. The molecule has 0 bridgehead atoms. The fourth-order valence-corrected chi connectivity index (χ4v) is 2.73. The van der Waals surface area contributed by atoms with Gasteiger partial charge in [0, 0.05) is 24.9 Å². The number of methoxy groups -OCH3 is 2. The molecule has 0 unspecified atom stereocenters. The third-order valence-corrected chi connectivity index (χ3v) is 4.01. The highest BCUT2D eigenvalue weighted by atomic mass is 127. The van der Waals surface area contributed by atoms with Crippen molar-refractivity contribution in [2.24, 2.45) is 10.7 Å². The lowest BCUT2D eigenvalue weighted by Crippen LogP contribution is -2.23. The van der Waals surface area contributed by atoms with Crippen LogP contribution in [0.2, 0.25) is 0 Å². The monoisotopic (exact) mass is 499 g/mol. The second kappa shape index (κ2) is 13.2. The van der Waals surface area contributed by atoms with Gasteiger partial charge in [0.15, 0.2) is 17.5 Å². The number of guanidine groups is 1. The quantitative estimate of drug-likeness (QED) is 0.222. The Morgan fingerprint density at radius 2 is 1.89 bits per heavy atom. The molecule has 0 radical (unpaired) electrons. The summed E-state index contributed by atoms with van der Waals surface area (Å²) in [5, 5.41) is 3.15. The Bertz CT molecular complexity index is 753. The number of aryl methyl sites for hydroxylation is 1. The topological polar surface area (TPSA) is 78.1 Å². The zero-order valence-electron chi connectivity index (χ0n) is 16.7. The number of benzene rings is 2. The van der Waals surface area contributed by atoms with Crippen molar-refractivity contribution in [3.8, 4) is 11.5 Å². The molecule has 0 aliphatic heterocycles. The number of nitrogens with zero attached hydrogens (tertiary/aromatic N) is 1. The Balaban J connectivity index is 0.00000392. The number of halogens is 1. The largest absolute Gasteiger partial charge is 0.493 e. The molecule has 0 aliphatic carbocycles. The molecule has 0 amide bonds. The summed E-state index contributed by atoms with van der Waals surface area (Å²) >= 11 is 0. The van der Waals surface area contributed by atoms with Crippen LogP contribution in [0.4, 0.5) is 5.69 Å². The van der Waals surface area contributed by atoms with E-state index in [1.807, 2.05) is 49.4 Å². The summed E-state index contributed by atoms with van der Waals surface area (Å²) < 4.78 is 16.1. The zero-order chi connectivity index (χ0) is 19.5. The predicted octanol–water partition coefficient (Wildman–Crippen LogP) is 4.22. The second-order valence-electron chi connectivity index (χ2n) is 6.00. The minimum atomic E-state index is 0. The Kier molecular flexibility index (Phi) is 11.4. The molecule has 0 saturated carbocycles. The van der Waals surface area contributed by atoms with Crippen molar-refractivity contribution in [1.29, 1.82) is 0 Å². The molecule has 3 N–H and O–H groups in total. The summed E-state index contributed by atoms with van der Waals surface area (Å²) in [5.41, 5.74) is 9.16. The van der Waals surface area contributed by atoms with Crippen LogP contribution in [0.15, 0.2) is 47.5 Å². The molecule has 0 aromatic heterocycles. The third-order valence-electron chi connectivity index (χ3n) is 4.01. The SMILES string of the molecule is CCOc1cc(CCCN=C(N)Nc2ccccc2COC)ccc1OC.I. The average Bonchev–Trinajstić information content (AvgIpc) is 2.67. The third kappa shape index (κ3) is 7.55. The molecule has 154 valence electrons. The molecule has 0 spiro atoms. The van der Waals surface area contributed by atoms with Crippen LogP contribution in [0, 0.1) is 0 Å². The van der Waals surface area contributed by atoms with Gasteiger partial charge >= 0.3 is 0 Å². The highest BCUT2D eigenvalue weighted by molar-refractivity contribution is 14.0. The van der Waals surface area contributed by atoms with E-state index in [0.717, 1.165) is 35.6 Å². The molecular formula is C21H30IN3O3. The minimum absolute atomic E-state index is 0. The number of hydrogen-bond donors (Lipinski definition) is 2. The van der Waals surface area contributed by atoms with E-state index in [0.29, 0.717) is 25.7 Å². The molecule has 2 aromatic carbocycles. The Labute approximate surface area is 184 Å². The fraction of sp³-hybridized carbons (Fsp3) is 0.381. The highest BCUT2D eigenvalue weighted by Crippen LogP contribution is 2.28. The number of rotatable bonds is 10. The van der Waals surface area contributed by atoms with Crippen LogP contribution in [0.5, 0.6) is 11.5 Å². The number of nitrogens with two attached hydrogens (primary N) is 1. The van der Waals surface area contributed by atoms with Gasteiger partial charge in [-0.25, -0.2) is 0 Å². The molecule has 0 heterocycles. The number of aliphatic imine (C=N–C) groups is 1. The van der Waals surface area contributed by atoms with Gasteiger partial charge < -0.3 is 25.3 Å². The van der Waals surface area contributed by atoms with Crippen LogP contribution in [0.3, 0.4) is 0 Å². The van der Waals surface area contributed by atoms with E-state index in [4.69, 9.17) is 19.9 Å². The summed E-state index contributed by atoms with van der Waals surface area (Å²) in [6.07, 6.45) is 1.78. The van der Waals surface area contributed by atoms with Gasteiger partial charge in [-0.05, 0) is 43.5 Å². The smallest absolute Gasteiger partial charge is 0.193 e. The highest BCUT2D eigenvalue weighted by Gasteiger charge is 2.05. The summed E-state index contributed by atoms with van der Waals surface area (Å²) in [7, 11) is 3.32. The van der Waals surface area contributed by atoms with Gasteiger partial charge in [0.2, 0.25) is 0 Å². The lowest BCUT2D eigenvalue weighted by molar-refractivity contribution is 0.185. The van der Waals surface area contributed by atoms with E-state index >= 15 is 0 Å². The number of ether oxygens (including phenoxy) is 3. The summed E-state index contributed by atoms with van der Waals surface area (Å²) in [6.45, 7) is 3.73. The van der Waals surface area contributed by atoms with E-state index in [1.165, 1.54) is 5.56 Å². The molecule has 2 rings (SSSR count). The molecule has 0 atom stereocenters.